The van der Waals surface area contributed by atoms with Crippen molar-refractivity contribution >= 4 is 28.8 Å². The zero-order valence-corrected chi connectivity index (χ0v) is 11.3. The van der Waals surface area contributed by atoms with Crippen molar-refractivity contribution in [3.63, 3.8) is 0 Å². The average Bonchev–Trinajstić information content (AvgIpc) is 2.97. The number of benzene rings is 1. The Hall–Kier alpha value is -2.54. The molecular weight excluding hydrogens is 278 g/mol. The Balaban J connectivity index is 1.86. The lowest BCUT2D eigenvalue weighted by atomic mass is 10.2. The Kier molecular flexibility index (Phi) is 4.56. The highest BCUT2D eigenvalue weighted by molar-refractivity contribution is 7.08. The molecule has 0 saturated heterocycles. The van der Waals surface area contributed by atoms with Crippen LogP contribution in [0.25, 0.3) is 0 Å². The SMILES string of the molecule is NC(=NO)c1ccc(OCC(=O)Nc2ccsc2)cc1. The van der Waals surface area contributed by atoms with Crippen LogP contribution < -0.4 is 15.8 Å². The number of nitrogens with zero attached hydrogens (tertiary/aromatic N) is 1. The molecule has 0 bridgehead atoms. The molecule has 0 radical (unpaired) electrons. The van der Waals surface area contributed by atoms with Crippen molar-refractivity contribution in [2.75, 3.05) is 11.9 Å². The summed E-state index contributed by atoms with van der Waals surface area (Å²) in [4.78, 5) is 11.6. The van der Waals surface area contributed by atoms with Crippen molar-refractivity contribution in [1.82, 2.24) is 0 Å². The van der Waals surface area contributed by atoms with E-state index in [4.69, 9.17) is 15.7 Å². The third kappa shape index (κ3) is 3.72. The number of rotatable bonds is 5. The van der Waals surface area contributed by atoms with Crippen LogP contribution in [0.5, 0.6) is 5.75 Å². The minimum absolute atomic E-state index is 0.0201. The quantitative estimate of drug-likeness (QED) is 0.339. The van der Waals surface area contributed by atoms with Gasteiger partial charge in [0.05, 0.1) is 5.69 Å². The highest BCUT2D eigenvalue weighted by Crippen LogP contribution is 2.13. The Labute approximate surface area is 119 Å². The van der Waals surface area contributed by atoms with E-state index in [1.54, 1.807) is 24.3 Å². The molecule has 0 aliphatic rings. The van der Waals surface area contributed by atoms with Crippen molar-refractivity contribution < 1.29 is 14.7 Å². The summed E-state index contributed by atoms with van der Waals surface area (Å²) in [5, 5.41) is 17.9. The molecule has 0 aliphatic heterocycles. The maximum atomic E-state index is 11.6. The van der Waals surface area contributed by atoms with Crippen LogP contribution in [0.4, 0.5) is 5.69 Å². The third-order valence-electron chi connectivity index (χ3n) is 2.43. The predicted octanol–water partition coefficient (Wildman–Crippen LogP) is 1.86. The van der Waals surface area contributed by atoms with E-state index in [2.05, 4.69) is 10.5 Å². The fourth-order valence-corrected chi connectivity index (χ4v) is 2.05. The molecular formula is C13H13N3O3S. The van der Waals surface area contributed by atoms with Crippen molar-refractivity contribution in [2.45, 2.75) is 0 Å². The van der Waals surface area contributed by atoms with Crippen LogP contribution in [0.15, 0.2) is 46.2 Å². The van der Waals surface area contributed by atoms with Gasteiger partial charge in [-0.05, 0) is 35.7 Å². The zero-order valence-electron chi connectivity index (χ0n) is 10.4. The molecule has 6 nitrogen and oxygen atoms in total. The number of thiophene rings is 1. The van der Waals surface area contributed by atoms with Gasteiger partial charge in [0.1, 0.15) is 5.75 Å². The maximum absolute atomic E-state index is 11.6. The molecule has 1 aromatic carbocycles. The lowest BCUT2D eigenvalue weighted by molar-refractivity contribution is -0.118. The Morgan fingerprint density at radius 2 is 2.10 bits per heavy atom. The maximum Gasteiger partial charge on any atom is 0.262 e. The van der Waals surface area contributed by atoms with E-state index in [1.807, 2.05) is 16.8 Å². The number of amides is 1. The Morgan fingerprint density at radius 3 is 2.70 bits per heavy atom. The van der Waals surface area contributed by atoms with Crippen LogP contribution in [0.3, 0.4) is 0 Å². The summed E-state index contributed by atoms with van der Waals surface area (Å²) in [5.74, 6) is 0.315. The van der Waals surface area contributed by atoms with E-state index in [-0.39, 0.29) is 18.3 Å². The molecule has 0 spiro atoms. The third-order valence-corrected chi connectivity index (χ3v) is 3.12. The Morgan fingerprint density at radius 1 is 1.35 bits per heavy atom. The fourth-order valence-electron chi connectivity index (χ4n) is 1.46. The smallest absolute Gasteiger partial charge is 0.262 e. The minimum Gasteiger partial charge on any atom is -0.484 e. The first-order valence-electron chi connectivity index (χ1n) is 5.72. The summed E-state index contributed by atoms with van der Waals surface area (Å²) < 4.78 is 5.33. The molecule has 0 aliphatic carbocycles. The van der Waals surface area contributed by atoms with Crippen LogP contribution >= 0.6 is 11.3 Å². The van der Waals surface area contributed by atoms with Crippen molar-refractivity contribution in [3.8, 4) is 5.75 Å². The van der Waals surface area contributed by atoms with Gasteiger partial charge in [-0.2, -0.15) is 11.3 Å². The molecule has 20 heavy (non-hydrogen) atoms. The lowest BCUT2D eigenvalue weighted by Gasteiger charge is -2.07. The van der Waals surface area contributed by atoms with Crippen LogP contribution in [-0.4, -0.2) is 23.6 Å². The van der Waals surface area contributed by atoms with Crippen molar-refractivity contribution in [3.05, 3.63) is 46.7 Å². The number of anilines is 1. The average molecular weight is 291 g/mol. The normalized spacial score (nSPS) is 11.1. The second-order valence-electron chi connectivity index (χ2n) is 3.86. The second-order valence-corrected chi connectivity index (χ2v) is 4.64. The number of amidine groups is 1. The van der Waals surface area contributed by atoms with Crippen LogP contribution in [0.1, 0.15) is 5.56 Å². The van der Waals surface area contributed by atoms with Gasteiger partial charge in [0, 0.05) is 10.9 Å². The van der Waals surface area contributed by atoms with Gasteiger partial charge in [-0.1, -0.05) is 5.16 Å². The van der Waals surface area contributed by atoms with Crippen LogP contribution in [0.2, 0.25) is 0 Å². The molecule has 0 atom stereocenters. The largest absolute Gasteiger partial charge is 0.484 e. The molecule has 1 amide bonds. The second kappa shape index (κ2) is 6.58. The van der Waals surface area contributed by atoms with E-state index in [0.29, 0.717) is 11.3 Å². The van der Waals surface area contributed by atoms with E-state index in [1.165, 1.54) is 11.3 Å². The van der Waals surface area contributed by atoms with Gasteiger partial charge in [-0.15, -0.1) is 0 Å². The standard InChI is InChI=1S/C13H13N3O3S/c14-13(16-18)9-1-3-11(4-2-9)19-7-12(17)15-10-5-6-20-8-10/h1-6,8,18H,7H2,(H2,14,16)(H,15,17). The first-order valence-corrected chi connectivity index (χ1v) is 6.66. The van der Waals surface area contributed by atoms with Crippen molar-refractivity contribution in [1.29, 1.82) is 0 Å². The number of carbonyl (C=O) groups excluding carboxylic acids is 1. The van der Waals surface area contributed by atoms with Gasteiger partial charge in [-0.3, -0.25) is 4.79 Å². The van der Waals surface area contributed by atoms with E-state index in [0.717, 1.165) is 5.69 Å². The number of ether oxygens (including phenoxy) is 1. The van der Waals surface area contributed by atoms with E-state index < -0.39 is 0 Å². The predicted molar refractivity (Wildman–Crippen MR) is 77.4 cm³/mol. The van der Waals surface area contributed by atoms with E-state index >= 15 is 0 Å². The number of carbonyl (C=O) groups is 1. The van der Waals surface area contributed by atoms with E-state index in [9.17, 15) is 4.79 Å². The Bertz CT molecular complexity index is 594. The molecule has 1 heterocycles. The van der Waals surface area contributed by atoms with Crippen LogP contribution in [0, 0.1) is 0 Å². The summed E-state index contributed by atoms with van der Waals surface area (Å²) in [6.45, 7) is -0.0846. The molecule has 1 aromatic heterocycles. The molecule has 0 saturated carbocycles. The number of hydrogen-bond acceptors (Lipinski definition) is 5. The summed E-state index contributed by atoms with van der Waals surface area (Å²) in [6.07, 6.45) is 0. The number of oxime groups is 1. The van der Waals surface area contributed by atoms with Gasteiger partial charge < -0.3 is 21.0 Å². The summed E-state index contributed by atoms with van der Waals surface area (Å²) in [6, 6.07) is 8.38. The number of nitrogens with two attached hydrogens (primary N) is 1. The molecule has 0 fully saturated rings. The van der Waals surface area contributed by atoms with Gasteiger partial charge in [-0.25, -0.2) is 0 Å². The topological polar surface area (TPSA) is 96.9 Å². The molecule has 104 valence electrons. The van der Waals surface area contributed by atoms with Gasteiger partial charge in [0.15, 0.2) is 12.4 Å². The monoisotopic (exact) mass is 291 g/mol. The van der Waals surface area contributed by atoms with Crippen molar-refractivity contribution in [2.24, 2.45) is 10.9 Å². The van der Waals surface area contributed by atoms with Gasteiger partial charge in [0.25, 0.3) is 5.91 Å². The zero-order chi connectivity index (χ0) is 14.4. The van der Waals surface area contributed by atoms with Gasteiger partial charge >= 0.3 is 0 Å². The lowest BCUT2D eigenvalue weighted by Crippen LogP contribution is -2.19. The number of nitrogens with one attached hydrogen (secondary N) is 1. The molecule has 2 rings (SSSR count). The molecule has 4 N–H and O–H groups in total. The first kappa shape index (κ1) is 13.9. The molecule has 2 aromatic rings. The highest BCUT2D eigenvalue weighted by atomic mass is 32.1. The number of hydrogen-bond donors (Lipinski definition) is 3. The molecule has 7 heteroatoms. The first-order chi connectivity index (χ1) is 9.69. The van der Waals surface area contributed by atoms with Gasteiger partial charge in [0.2, 0.25) is 0 Å². The summed E-state index contributed by atoms with van der Waals surface area (Å²) >= 11 is 1.50. The minimum atomic E-state index is -0.232. The molecule has 0 unspecified atom stereocenters. The van der Waals surface area contributed by atoms with Crippen LogP contribution in [-0.2, 0) is 4.79 Å². The fraction of sp³-hybridized carbons (Fsp3) is 0.0769. The summed E-state index contributed by atoms with van der Waals surface area (Å²) in [7, 11) is 0. The summed E-state index contributed by atoms with van der Waals surface area (Å²) in [5.41, 5.74) is 6.77. The highest BCUT2D eigenvalue weighted by Gasteiger charge is 2.05.